The number of hydrogen-bond acceptors (Lipinski definition) is 13. The van der Waals surface area contributed by atoms with Gasteiger partial charge in [-0.15, -0.1) is 0 Å². The Hall–Kier alpha value is 2.14. The van der Waals surface area contributed by atoms with Crippen LogP contribution >= 0.6 is 0 Å². The summed E-state index contributed by atoms with van der Waals surface area (Å²) >= 11 is 0. The van der Waals surface area contributed by atoms with Crippen molar-refractivity contribution >= 4 is 6.16 Å². The van der Waals surface area contributed by atoms with Gasteiger partial charge in [0.05, 0.1) is 119 Å². The number of carboxylic acid groups (broad SMARTS) is 2. The summed E-state index contributed by atoms with van der Waals surface area (Å²) in [6.45, 7) is 12.1. The van der Waals surface area contributed by atoms with Crippen LogP contribution in [0.5, 0.6) is 0 Å². The number of rotatable bonds is 37. The van der Waals surface area contributed by atoms with Crippen molar-refractivity contribution in [3.05, 3.63) is 0 Å². The average molecular weight is 721 g/mol. The molecular weight excluding hydrogens is 659 g/mol. The molecule has 15 heteroatoms. The second-order valence-electron chi connectivity index (χ2n) is 9.67. The third-order valence-electron chi connectivity index (χ3n) is 5.85. The molecule has 0 aromatic heterocycles. The van der Waals surface area contributed by atoms with Crippen LogP contribution in [-0.4, -0.2) is 137 Å². The van der Waals surface area contributed by atoms with Gasteiger partial charge in [-0.05, 0) is 12.6 Å². The van der Waals surface area contributed by atoms with Crippen molar-refractivity contribution in [1.29, 1.82) is 0 Å². The fourth-order valence-corrected chi connectivity index (χ4v) is 3.62. The molecule has 266 valence electrons. The normalized spacial score (nSPS) is 10.6. The topological polar surface area (TPSA) is 166 Å². The molecular formula is C31H62K2O13. The predicted octanol–water partition coefficient (Wildman–Crippen LogP) is -4.39. The minimum Gasteiger partial charge on any atom is -0.652 e. The molecule has 0 spiro atoms. The second-order valence-corrected chi connectivity index (χ2v) is 9.67. The van der Waals surface area contributed by atoms with Crippen LogP contribution in [-0.2, 0) is 42.6 Å². The summed E-state index contributed by atoms with van der Waals surface area (Å²) in [7, 11) is 0. The van der Waals surface area contributed by atoms with Crippen molar-refractivity contribution in [1.82, 2.24) is 0 Å². The molecule has 0 aromatic carbocycles. The molecule has 0 bridgehead atoms. The van der Waals surface area contributed by atoms with Crippen molar-refractivity contribution in [2.24, 2.45) is 0 Å². The van der Waals surface area contributed by atoms with Crippen LogP contribution < -0.4 is 113 Å². The van der Waals surface area contributed by atoms with Crippen LogP contribution in [0.1, 0.15) is 71.1 Å². The van der Waals surface area contributed by atoms with Gasteiger partial charge in [0.25, 0.3) is 0 Å². The zero-order chi connectivity index (χ0) is 32.4. The van der Waals surface area contributed by atoms with Gasteiger partial charge in [0.1, 0.15) is 0 Å². The summed E-state index contributed by atoms with van der Waals surface area (Å²) in [5.74, 6) is 0. The first-order valence-electron chi connectivity index (χ1n) is 16.3. The third-order valence-corrected chi connectivity index (χ3v) is 5.85. The smallest absolute Gasteiger partial charge is 0.652 e. The molecule has 0 saturated carbocycles. The molecule has 0 fully saturated rings. The van der Waals surface area contributed by atoms with E-state index < -0.39 is 6.16 Å². The Kier molecular flexibility index (Phi) is 64.4. The first-order valence-corrected chi connectivity index (χ1v) is 16.3. The van der Waals surface area contributed by atoms with Crippen molar-refractivity contribution < 1.29 is 166 Å². The summed E-state index contributed by atoms with van der Waals surface area (Å²) in [5, 5.41) is 25.2. The molecule has 13 nitrogen and oxygen atoms in total. The maximum Gasteiger partial charge on any atom is 1.00 e. The molecule has 1 N–H and O–H groups in total. The summed E-state index contributed by atoms with van der Waals surface area (Å²) < 4.78 is 48.9. The summed E-state index contributed by atoms with van der Waals surface area (Å²) in [6, 6.07) is 0. The number of aliphatic hydroxyl groups is 1. The summed E-state index contributed by atoms with van der Waals surface area (Å²) in [5.41, 5.74) is 0. The Morgan fingerprint density at radius 3 is 0.826 bits per heavy atom. The van der Waals surface area contributed by atoms with Gasteiger partial charge in [0.2, 0.25) is 0 Å². The van der Waals surface area contributed by atoms with Crippen molar-refractivity contribution in [2.75, 3.05) is 126 Å². The van der Waals surface area contributed by atoms with Gasteiger partial charge in [0, 0.05) is 6.61 Å². The SMILES string of the molecule is CCCCCCCCCCCCOCCOCCOCCOCCOCCOCCOCCOCCOCCO.O=C([O-])[O-].[K+].[K+]. The first-order chi connectivity index (χ1) is 21.6. The monoisotopic (exact) mass is 720 g/mol. The molecule has 0 saturated heterocycles. The molecule has 0 radical (unpaired) electrons. The van der Waals surface area contributed by atoms with E-state index in [9.17, 15) is 0 Å². The van der Waals surface area contributed by atoms with Gasteiger partial charge in [-0.1, -0.05) is 64.7 Å². The molecule has 0 aliphatic rings. The molecule has 46 heavy (non-hydrogen) atoms. The Labute approximate surface area is 363 Å². The fraction of sp³-hybridized carbons (Fsp3) is 0.968. The van der Waals surface area contributed by atoms with E-state index >= 15 is 0 Å². The van der Waals surface area contributed by atoms with Gasteiger partial charge in [-0.3, -0.25) is 0 Å². The van der Waals surface area contributed by atoms with Crippen LogP contribution in [0.4, 0.5) is 4.79 Å². The average Bonchev–Trinajstić information content (AvgIpc) is 3.00. The van der Waals surface area contributed by atoms with Gasteiger partial charge >= 0.3 is 103 Å². The van der Waals surface area contributed by atoms with E-state index in [0.717, 1.165) is 13.0 Å². The Balaban J connectivity index is -0.00000138. The molecule has 0 amide bonds. The quantitative estimate of drug-likeness (QED) is 0.0484. The van der Waals surface area contributed by atoms with Crippen molar-refractivity contribution in [3.8, 4) is 0 Å². The number of carbonyl (C=O) groups is 1. The maximum absolute atomic E-state index is 8.57. The second kappa shape index (κ2) is 53.9. The largest absolute Gasteiger partial charge is 1.00 e. The van der Waals surface area contributed by atoms with E-state index in [4.69, 9.17) is 62.7 Å². The minimum atomic E-state index is -2.33. The van der Waals surface area contributed by atoms with Crippen molar-refractivity contribution in [2.45, 2.75) is 71.1 Å². The van der Waals surface area contributed by atoms with Crippen LogP contribution in [0.3, 0.4) is 0 Å². The van der Waals surface area contributed by atoms with Crippen LogP contribution in [0.25, 0.3) is 0 Å². The number of unbranched alkanes of at least 4 members (excludes halogenated alkanes) is 9. The number of aliphatic hydroxyl groups excluding tert-OH is 1. The number of ether oxygens (including phenoxy) is 9. The van der Waals surface area contributed by atoms with E-state index in [2.05, 4.69) is 6.92 Å². The first kappa shape index (κ1) is 54.9. The molecule has 0 atom stereocenters. The van der Waals surface area contributed by atoms with Crippen LogP contribution in [0.15, 0.2) is 0 Å². The minimum absolute atomic E-state index is 0. The van der Waals surface area contributed by atoms with E-state index in [0.29, 0.717) is 112 Å². The Bertz CT molecular complexity index is 485. The standard InChI is InChI=1S/C30H62O10.CH2O3.2K/c1-2-3-4-5-6-7-8-9-10-11-13-32-15-17-34-19-21-36-23-25-38-27-29-40-30-28-39-26-24-37-22-20-35-18-16-33-14-12-31;2-1(3)4;;/h31H,2-30H2,1H3;(H2,2,3,4);;/q;;2*+1/p-2. The van der Waals surface area contributed by atoms with Crippen LogP contribution in [0, 0.1) is 0 Å². The van der Waals surface area contributed by atoms with Gasteiger partial charge < -0.3 is 62.7 Å². The van der Waals surface area contributed by atoms with Gasteiger partial charge in [-0.2, -0.15) is 0 Å². The van der Waals surface area contributed by atoms with Gasteiger partial charge in [-0.25, -0.2) is 0 Å². The molecule has 0 rings (SSSR count). The summed E-state index contributed by atoms with van der Waals surface area (Å²) in [6.07, 6.45) is 11.1. The molecule has 0 unspecified atom stereocenters. The van der Waals surface area contributed by atoms with E-state index in [1.165, 1.54) is 57.8 Å². The number of hydrogen-bond donors (Lipinski definition) is 1. The Morgan fingerprint density at radius 2 is 0.587 bits per heavy atom. The van der Waals surface area contributed by atoms with E-state index in [1.807, 2.05) is 0 Å². The van der Waals surface area contributed by atoms with E-state index in [1.54, 1.807) is 0 Å². The van der Waals surface area contributed by atoms with Crippen molar-refractivity contribution in [3.63, 3.8) is 0 Å². The van der Waals surface area contributed by atoms with E-state index in [-0.39, 0.29) is 109 Å². The maximum atomic E-state index is 8.57. The predicted molar refractivity (Wildman–Crippen MR) is 162 cm³/mol. The molecule has 0 heterocycles. The zero-order valence-electron chi connectivity index (χ0n) is 29.4. The van der Waals surface area contributed by atoms with Gasteiger partial charge in [0.15, 0.2) is 0 Å². The molecule has 0 aromatic rings. The fourth-order valence-electron chi connectivity index (χ4n) is 3.62. The number of carbonyl (C=O) groups excluding carboxylic acids is 1. The molecule has 0 aliphatic carbocycles. The Morgan fingerprint density at radius 1 is 0.391 bits per heavy atom. The van der Waals surface area contributed by atoms with Crippen LogP contribution in [0.2, 0.25) is 0 Å². The summed E-state index contributed by atoms with van der Waals surface area (Å²) in [4.78, 5) is 8.33. The molecule has 0 aliphatic heterocycles. The zero-order valence-corrected chi connectivity index (χ0v) is 35.6. The third kappa shape index (κ3) is 61.4.